The maximum atomic E-state index is 12.7. The number of benzene rings is 1. The van der Waals surface area contributed by atoms with E-state index in [0.717, 1.165) is 5.56 Å². The van der Waals surface area contributed by atoms with E-state index in [1.807, 2.05) is 19.9 Å². The molecule has 1 aromatic carbocycles. The molecule has 0 aliphatic carbocycles. The van der Waals surface area contributed by atoms with Gasteiger partial charge in [0.2, 0.25) is 0 Å². The summed E-state index contributed by atoms with van der Waals surface area (Å²) in [5.41, 5.74) is 6.71. The third-order valence-electron chi connectivity index (χ3n) is 1.95. The Balaban J connectivity index is 2.88. The van der Waals surface area contributed by atoms with E-state index in [-0.39, 0.29) is 11.9 Å². The molecule has 0 spiro atoms. The lowest BCUT2D eigenvalue weighted by Crippen LogP contribution is -2.16. The molecule has 0 amide bonds. The van der Waals surface area contributed by atoms with Gasteiger partial charge < -0.3 is 5.73 Å². The number of hydrogen-bond acceptors (Lipinski definition) is 1. The van der Waals surface area contributed by atoms with E-state index < -0.39 is 0 Å². The van der Waals surface area contributed by atoms with Crippen LogP contribution in [0.3, 0.4) is 0 Å². The van der Waals surface area contributed by atoms with Crippen molar-refractivity contribution in [2.24, 2.45) is 11.7 Å². The molecule has 0 aliphatic rings. The van der Waals surface area contributed by atoms with Crippen LogP contribution in [0.25, 0.3) is 0 Å². The van der Waals surface area contributed by atoms with Gasteiger partial charge in [-0.2, -0.15) is 0 Å². The van der Waals surface area contributed by atoms with Crippen molar-refractivity contribution >= 4 is 0 Å². The zero-order valence-electron chi connectivity index (χ0n) is 7.42. The van der Waals surface area contributed by atoms with Crippen molar-refractivity contribution in [1.82, 2.24) is 0 Å². The van der Waals surface area contributed by atoms with Gasteiger partial charge in [0.1, 0.15) is 5.82 Å². The minimum absolute atomic E-state index is 0.0688. The van der Waals surface area contributed by atoms with Gasteiger partial charge in [-0.15, -0.1) is 0 Å². The van der Waals surface area contributed by atoms with E-state index in [4.69, 9.17) is 5.73 Å². The smallest absolute Gasteiger partial charge is 0.123 e. The minimum atomic E-state index is -0.219. The third kappa shape index (κ3) is 2.05. The lowest BCUT2D eigenvalue weighted by atomic mass is 9.97. The Hall–Kier alpha value is -0.890. The summed E-state index contributed by atoms with van der Waals surface area (Å²) in [6.07, 6.45) is 0. The van der Waals surface area contributed by atoms with Crippen molar-refractivity contribution in [2.45, 2.75) is 19.9 Å². The molecule has 0 radical (unpaired) electrons. The van der Waals surface area contributed by atoms with Crippen LogP contribution in [0.2, 0.25) is 0 Å². The van der Waals surface area contributed by atoms with Crippen LogP contribution in [0.15, 0.2) is 24.3 Å². The van der Waals surface area contributed by atoms with Crippen LogP contribution < -0.4 is 5.73 Å². The van der Waals surface area contributed by atoms with Crippen molar-refractivity contribution in [3.05, 3.63) is 35.6 Å². The Morgan fingerprint density at radius 2 is 2.00 bits per heavy atom. The molecule has 0 aromatic heterocycles. The number of hydrogen-bond donors (Lipinski definition) is 1. The maximum Gasteiger partial charge on any atom is 0.123 e. The number of rotatable bonds is 2. The summed E-state index contributed by atoms with van der Waals surface area (Å²) in [7, 11) is 0. The lowest BCUT2D eigenvalue weighted by molar-refractivity contribution is 0.510. The molecule has 66 valence electrons. The van der Waals surface area contributed by atoms with Gasteiger partial charge in [-0.1, -0.05) is 26.0 Å². The van der Waals surface area contributed by atoms with Crippen LogP contribution in [-0.2, 0) is 0 Å². The first kappa shape index (κ1) is 9.20. The standard InChI is InChI=1S/C10H14FN/c1-7(2)10(12)8-4-3-5-9(11)6-8/h3-7,10H,12H2,1-2H3/t10-/m0/s1. The summed E-state index contributed by atoms with van der Waals surface area (Å²) in [6.45, 7) is 4.05. The average molecular weight is 167 g/mol. The molecule has 1 aromatic rings. The fourth-order valence-electron chi connectivity index (χ4n) is 1.10. The highest BCUT2D eigenvalue weighted by Crippen LogP contribution is 2.18. The second-order valence-corrected chi connectivity index (χ2v) is 3.32. The Kier molecular flexibility index (Phi) is 2.82. The molecule has 0 unspecified atom stereocenters. The highest BCUT2D eigenvalue weighted by atomic mass is 19.1. The van der Waals surface area contributed by atoms with Gasteiger partial charge in [0.05, 0.1) is 0 Å². The summed E-state index contributed by atoms with van der Waals surface area (Å²) in [4.78, 5) is 0. The van der Waals surface area contributed by atoms with Gasteiger partial charge in [0, 0.05) is 6.04 Å². The van der Waals surface area contributed by atoms with Gasteiger partial charge in [0.15, 0.2) is 0 Å². The SMILES string of the molecule is CC(C)[C@H](N)c1cccc(F)c1. The molecule has 0 heterocycles. The van der Waals surface area contributed by atoms with E-state index in [1.165, 1.54) is 12.1 Å². The molecule has 12 heavy (non-hydrogen) atoms. The fourth-order valence-corrected chi connectivity index (χ4v) is 1.10. The number of halogens is 1. The largest absolute Gasteiger partial charge is 0.324 e. The van der Waals surface area contributed by atoms with Gasteiger partial charge in [-0.3, -0.25) is 0 Å². The van der Waals surface area contributed by atoms with Gasteiger partial charge in [-0.25, -0.2) is 4.39 Å². The summed E-state index contributed by atoms with van der Waals surface area (Å²) in [6, 6.07) is 6.39. The van der Waals surface area contributed by atoms with Gasteiger partial charge in [0.25, 0.3) is 0 Å². The molecule has 0 saturated carbocycles. The molecule has 2 heteroatoms. The Labute approximate surface area is 72.4 Å². The Bertz CT molecular complexity index is 258. The van der Waals surface area contributed by atoms with Crippen LogP contribution in [0, 0.1) is 11.7 Å². The normalized spacial score (nSPS) is 13.4. The van der Waals surface area contributed by atoms with Crippen molar-refractivity contribution in [3.8, 4) is 0 Å². The van der Waals surface area contributed by atoms with E-state index in [2.05, 4.69) is 0 Å². The molecule has 0 saturated heterocycles. The van der Waals surface area contributed by atoms with Crippen LogP contribution in [-0.4, -0.2) is 0 Å². The molecule has 1 rings (SSSR count). The Morgan fingerprint density at radius 1 is 1.33 bits per heavy atom. The van der Waals surface area contributed by atoms with Crippen LogP contribution in [0.5, 0.6) is 0 Å². The van der Waals surface area contributed by atoms with Gasteiger partial charge >= 0.3 is 0 Å². The summed E-state index contributed by atoms with van der Waals surface area (Å²) < 4.78 is 12.7. The molecule has 2 N–H and O–H groups in total. The maximum absolute atomic E-state index is 12.7. The topological polar surface area (TPSA) is 26.0 Å². The van der Waals surface area contributed by atoms with E-state index in [1.54, 1.807) is 6.07 Å². The molecule has 1 nitrogen and oxygen atoms in total. The predicted molar refractivity (Wildman–Crippen MR) is 48.2 cm³/mol. The second-order valence-electron chi connectivity index (χ2n) is 3.32. The van der Waals surface area contributed by atoms with Crippen molar-refractivity contribution in [2.75, 3.05) is 0 Å². The molecular formula is C10H14FN. The summed E-state index contributed by atoms with van der Waals surface area (Å²) >= 11 is 0. The first-order valence-electron chi connectivity index (χ1n) is 4.12. The van der Waals surface area contributed by atoms with Crippen molar-refractivity contribution in [1.29, 1.82) is 0 Å². The highest BCUT2D eigenvalue weighted by Gasteiger charge is 2.09. The lowest BCUT2D eigenvalue weighted by Gasteiger charge is -2.15. The minimum Gasteiger partial charge on any atom is -0.324 e. The first-order valence-corrected chi connectivity index (χ1v) is 4.12. The average Bonchev–Trinajstić information content (AvgIpc) is 2.03. The molecule has 0 aliphatic heterocycles. The van der Waals surface area contributed by atoms with E-state index in [9.17, 15) is 4.39 Å². The Morgan fingerprint density at radius 3 is 2.50 bits per heavy atom. The zero-order chi connectivity index (χ0) is 9.14. The monoisotopic (exact) mass is 167 g/mol. The van der Waals surface area contributed by atoms with E-state index in [0.29, 0.717) is 5.92 Å². The summed E-state index contributed by atoms with van der Waals surface area (Å²) in [5, 5.41) is 0. The van der Waals surface area contributed by atoms with E-state index >= 15 is 0 Å². The molecule has 0 bridgehead atoms. The zero-order valence-corrected chi connectivity index (χ0v) is 7.42. The van der Waals surface area contributed by atoms with Crippen LogP contribution in [0.4, 0.5) is 4.39 Å². The van der Waals surface area contributed by atoms with Crippen molar-refractivity contribution < 1.29 is 4.39 Å². The third-order valence-corrected chi connectivity index (χ3v) is 1.95. The molecular weight excluding hydrogens is 153 g/mol. The highest BCUT2D eigenvalue weighted by molar-refractivity contribution is 5.20. The summed E-state index contributed by atoms with van der Waals surface area (Å²) in [5.74, 6) is 0.121. The van der Waals surface area contributed by atoms with Gasteiger partial charge in [-0.05, 0) is 23.6 Å². The second kappa shape index (κ2) is 3.68. The fraction of sp³-hybridized carbons (Fsp3) is 0.400. The first-order chi connectivity index (χ1) is 5.61. The predicted octanol–water partition coefficient (Wildman–Crippen LogP) is 2.48. The quantitative estimate of drug-likeness (QED) is 0.719. The van der Waals surface area contributed by atoms with Crippen LogP contribution in [0.1, 0.15) is 25.5 Å². The van der Waals surface area contributed by atoms with Crippen molar-refractivity contribution in [3.63, 3.8) is 0 Å². The molecule has 0 fully saturated rings. The molecule has 1 atom stereocenters. The van der Waals surface area contributed by atoms with Crippen LogP contribution >= 0.6 is 0 Å². The number of nitrogens with two attached hydrogens (primary N) is 1.